The van der Waals surface area contributed by atoms with Crippen LogP contribution in [0.4, 0.5) is 0 Å². The zero-order valence-corrected chi connectivity index (χ0v) is 26.2. The lowest BCUT2D eigenvalue weighted by Crippen LogP contribution is -2.70. The smallest absolute Gasteiger partial charge is 0.333 e. The van der Waals surface area contributed by atoms with Crippen LogP contribution < -0.4 is 0 Å². The third-order valence-electron chi connectivity index (χ3n) is 7.31. The number of aliphatic hydroxyl groups is 4. The summed E-state index contributed by atoms with van der Waals surface area (Å²) in [6, 6.07) is 0. The van der Waals surface area contributed by atoms with E-state index in [0.717, 1.165) is 13.8 Å². The zero-order valence-electron chi connectivity index (χ0n) is 26.2. The SMILES string of the molecule is C=C([C@H]1[C@H](O)[C@H](OC(=O)/C(C)=C\C)[C@@](C)(O)[C@@H](OC(C)=O)[C@H]1OC(=O)C(C)C)[C@H](C[C@H](O)C(C)(C)O)OC(=O)C(C)C. The van der Waals surface area contributed by atoms with Crippen LogP contribution >= 0.6 is 0 Å². The predicted octanol–water partition coefficient (Wildman–Crippen LogP) is 1.75. The summed E-state index contributed by atoms with van der Waals surface area (Å²) in [5, 5.41) is 44.4. The fourth-order valence-electron chi connectivity index (χ4n) is 4.38. The minimum atomic E-state index is -2.29. The predicted molar refractivity (Wildman–Crippen MR) is 150 cm³/mol. The van der Waals surface area contributed by atoms with Crippen LogP contribution in [0.1, 0.15) is 75.7 Å². The van der Waals surface area contributed by atoms with Gasteiger partial charge in [0.2, 0.25) is 0 Å². The molecule has 0 unspecified atom stereocenters. The van der Waals surface area contributed by atoms with E-state index in [1.165, 1.54) is 26.8 Å². The Balaban J connectivity index is 3.88. The van der Waals surface area contributed by atoms with Crippen molar-refractivity contribution < 1.29 is 58.6 Å². The molecule has 0 amide bonds. The molecule has 0 saturated heterocycles. The van der Waals surface area contributed by atoms with Gasteiger partial charge < -0.3 is 39.4 Å². The van der Waals surface area contributed by atoms with E-state index in [2.05, 4.69) is 6.58 Å². The minimum Gasteiger partial charge on any atom is -0.458 e. The number of allylic oxidation sites excluding steroid dienone is 1. The third kappa shape index (κ3) is 9.10. The van der Waals surface area contributed by atoms with Gasteiger partial charge in [0.05, 0.1) is 29.5 Å². The van der Waals surface area contributed by atoms with Gasteiger partial charge in [0.25, 0.3) is 0 Å². The van der Waals surface area contributed by atoms with E-state index >= 15 is 0 Å². The molecule has 1 fully saturated rings. The highest BCUT2D eigenvalue weighted by atomic mass is 16.6. The number of esters is 4. The molecule has 12 nitrogen and oxygen atoms in total. The molecule has 1 rings (SSSR count). The summed E-state index contributed by atoms with van der Waals surface area (Å²) in [5.74, 6) is -5.98. The second kappa shape index (κ2) is 14.6. The largest absolute Gasteiger partial charge is 0.458 e. The minimum absolute atomic E-state index is 0.0992. The Kier molecular flexibility index (Phi) is 12.9. The molecule has 1 saturated carbocycles. The molecule has 240 valence electrons. The molecule has 0 radical (unpaired) electrons. The van der Waals surface area contributed by atoms with Crippen molar-refractivity contribution in [1.82, 2.24) is 0 Å². The first kappa shape index (κ1) is 37.2. The molecular weight excluding hydrogens is 552 g/mol. The van der Waals surface area contributed by atoms with Gasteiger partial charge in [-0.2, -0.15) is 0 Å². The van der Waals surface area contributed by atoms with E-state index < -0.39 is 89.5 Å². The van der Waals surface area contributed by atoms with Gasteiger partial charge in [-0.05, 0) is 40.2 Å². The number of carbonyl (C=O) groups is 4. The van der Waals surface area contributed by atoms with Crippen LogP contribution in [-0.4, -0.2) is 92.1 Å². The summed E-state index contributed by atoms with van der Waals surface area (Å²) in [5.41, 5.74) is -3.87. The first-order valence-electron chi connectivity index (χ1n) is 14.0. The first-order chi connectivity index (χ1) is 19.1. The van der Waals surface area contributed by atoms with Crippen molar-refractivity contribution in [3.8, 4) is 0 Å². The quantitative estimate of drug-likeness (QED) is 0.110. The molecule has 0 aliphatic heterocycles. The fourth-order valence-corrected chi connectivity index (χ4v) is 4.38. The molecule has 12 heteroatoms. The van der Waals surface area contributed by atoms with Gasteiger partial charge in [-0.25, -0.2) is 4.79 Å². The van der Waals surface area contributed by atoms with Crippen LogP contribution in [0.2, 0.25) is 0 Å². The van der Waals surface area contributed by atoms with Crippen LogP contribution in [0.15, 0.2) is 23.8 Å². The van der Waals surface area contributed by atoms with Gasteiger partial charge in [-0.1, -0.05) is 40.3 Å². The summed E-state index contributed by atoms with van der Waals surface area (Å²) in [4.78, 5) is 50.5. The van der Waals surface area contributed by atoms with E-state index in [4.69, 9.17) is 18.9 Å². The zero-order chi connectivity index (χ0) is 32.9. The monoisotopic (exact) mass is 600 g/mol. The average molecular weight is 601 g/mol. The normalized spacial score (nSPS) is 28.1. The van der Waals surface area contributed by atoms with Gasteiger partial charge in [0, 0.05) is 18.9 Å². The summed E-state index contributed by atoms with van der Waals surface area (Å²) >= 11 is 0. The molecule has 0 spiro atoms. The van der Waals surface area contributed by atoms with Gasteiger partial charge in [-0.15, -0.1) is 0 Å². The van der Waals surface area contributed by atoms with E-state index in [1.807, 2.05) is 0 Å². The lowest BCUT2D eigenvalue weighted by Gasteiger charge is -2.52. The molecule has 42 heavy (non-hydrogen) atoms. The lowest BCUT2D eigenvalue weighted by atomic mass is 9.67. The topological polar surface area (TPSA) is 186 Å². The molecule has 0 aromatic rings. The number of carbonyl (C=O) groups excluding carboxylic acids is 4. The summed E-state index contributed by atoms with van der Waals surface area (Å²) < 4.78 is 22.3. The Morgan fingerprint density at radius 1 is 0.976 bits per heavy atom. The van der Waals surface area contributed by atoms with Crippen molar-refractivity contribution in [2.75, 3.05) is 0 Å². The number of hydrogen-bond donors (Lipinski definition) is 4. The maximum atomic E-state index is 12.9. The van der Waals surface area contributed by atoms with Crippen molar-refractivity contribution >= 4 is 23.9 Å². The van der Waals surface area contributed by atoms with Gasteiger partial charge in [0.15, 0.2) is 18.3 Å². The third-order valence-corrected chi connectivity index (χ3v) is 7.31. The molecule has 0 bridgehead atoms. The number of ether oxygens (including phenoxy) is 4. The van der Waals surface area contributed by atoms with Crippen LogP contribution in [0.3, 0.4) is 0 Å². The van der Waals surface area contributed by atoms with Crippen molar-refractivity contribution in [3.63, 3.8) is 0 Å². The van der Waals surface area contributed by atoms with E-state index in [9.17, 15) is 39.6 Å². The van der Waals surface area contributed by atoms with Crippen LogP contribution in [0.25, 0.3) is 0 Å². The maximum absolute atomic E-state index is 12.9. The molecular formula is C30H48O12. The van der Waals surface area contributed by atoms with E-state index in [-0.39, 0.29) is 17.6 Å². The van der Waals surface area contributed by atoms with Crippen molar-refractivity contribution in [3.05, 3.63) is 23.8 Å². The second-order valence-corrected chi connectivity index (χ2v) is 12.2. The van der Waals surface area contributed by atoms with Crippen molar-refractivity contribution in [1.29, 1.82) is 0 Å². The highest BCUT2D eigenvalue weighted by Gasteiger charge is 2.63. The van der Waals surface area contributed by atoms with Gasteiger partial charge in [-0.3, -0.25) is 14.4 Å². The highest BCUT2D eigenvalue weighted by molar-refractivity contribution is 5.87. The van der Waals surface area contributed by atoms with Crippen LogP contribution in [-0.2, 0) is 38.1 Å². The van der Waals surface area contributed by atoms with E-state index in [1.54, 1.807) is 34.6 Å². The molecule has 0 aromatic heterocycles. The summed E-state index contributed by atoms with van der Waals surface area (Å²) in [6.07, 6.45) is -8.61. The molecule has 8 atom stereocenters. The Bertz CT molecular complexity index is 1040. The average Bonchev–Trinajstić information content (AvgIpc) is 2.86. The molecule has 0 heterocycles. The first-order valence-corrected chi connectivity index (χ1v) is 14.0. The van der Waals surface area contributed by atoms with Gasteiger partial charge >= 0.3 is 23.9 Å². The summed E-state index contributed by atoms with van der Waals surface area (Å²) in [7, 11) is 0. The Labute approximate surface area is 247 Å². The lowest BCUT2D eigenvalue weighted by molar-refractivity contribution is -0.262. The van der Waals surface area contributed by atoms with Gasteiger partial charge in [0.1, 0.15) is 17.8 Å². The standard InChI is InChI=1S/C30H48O12/c1-12-16(6)28(36)42-24-22(33)21(17(7)19(40-26(34)14(2)3)13-20(32)29(9,10)37)23(41-27(35)15(4)5)25(30(24,11)38)39-18(8)31/h12,14-15,19-25,32-33,37-38H,7,13H2,1-6,8-11H3/b16-12-/t19-,20-,21-,22-,23-,24-,25-,30+/m0/s1. The Hall–Kier alpha value is -2.80. The molecule has 1 aliphatic rings. The molecule has 1 aliphatic carbocycles. The van der Waals surface area contributed by atoms with Crippen LogP contribution in [0.5, 0.6) is 0 Å². The Morgan fingerprint density at radius 3 is 1.93 bits per heavy atom. The summed E-state index contributed by atoms with van der Waals surface area (Å²) in [6.45, 7) is 18.2. The van der Waals surface area contributed by atoms with Crippen LogP contribution in [0, 0.1) is 17.8 Å². The number of aliphatic hydroxyl groups excluding tert-OH is 2. The number of rotatable bonds is 12. The maximum Gasteiger partial charge on any atom is 0.333 e. The molecule has 0 aromatic carbocycles. The van der Waals surface area contributed by atoms with Crippen molar-refractivity contribution in [2.45, 2.75) is 123 Å². The second-order valence-electron chi connectivity index (χ2n) is 12.2. The van der Waals surface area contributed by atoms with E-state index in [0.29, 0.717) is 0 Å². The molecule has 4 N–H and O–H groups in total. The fraction of sp³-hybridized carbons (Fsp3) is 0.733. The van der Waals surface area contributed by atoms with Crippen molar-refractivity contribution in [2.24, 2.45) is 17.8 Å². The Morgan fingerprint density at radius 2 is 1.50 bits per heavy atom. The highest BCUT2D eigenvalue weighted by Crippen LogP contribution is 2.43. The number of hydrogen-bond acceptors (Lipinski definition) is 12.